The first-order valence-corrected chi connectivity index (χ1v) is 3.71. The summed E-state index contributed by atoms with van der Waals surface area (Å²) in [5.41, 5.74) is 2.40. The number of nitrogens with one attached hydrogen (secondary N) is 1. The normalized spacial score (nSPS) is 10.4. The number of hydrogen-bond donors (Lipinski definition) is 1. The summed E-state index contributed by atoms with van der Waals surface area (Å²) in [5.74, 6) is 0. The van der Waals surface area contributed by atoms with Crippen LogP contribution in [0, 0.1) is 6.92 Å². The van der Waals surface area contributed by atoms with Gasteiger partial charge in [0.15, 0.2) is 6.29 Å². The lowest BCUT2D eigenvalue weighted by molar-refractivity contribution is 0.112. The number of rotatable bonds is 1. The number of aryl methyl sites for hydroxylation is 1. The summed E-state index contributed by atoms with van der Waals surface area (Å²) in [6.07, 6.45) is 4.35. The number of nitrogens with zero attached hydrogens (tertiary/aromatic N) is 1. The molecule has 0 saturated heterocycles. The van der Waals surface area contributed by atoms with Crippen LogP contribution in [-0.2, 0) is 0 Å². The first kappa shape index (κ1) is 7.03. The highest BCUT2D eigenvalue weighted by molar-refractivity contribution is 5.96. The van der Waals surface area contributed by atoms with Crippen molar-refractivity contribution in [2.24, 2.45) is 0 Å². The van der Waals surface area contributed by atoms with Crippen LogP contribution in [0.5, 0.6) is 0 Å². The van der Waals surface area contributed by atoms with Crippen molar-refractivity contribution in [1.82, 2.24) is 9.97 Å². The fourth-order valence-electron chi connectivity index (χ4n) is 1.28. The summed E-state index contributed by atoms with van der Waals surface area (Å²) >= 11 is 0. The number of carbonyl (C=O) groups excluding carboxylic acids is 1. The lowest BCUT2D eigenvalue weighted by Crippen LogP contribution is -1.89. The average molecular weight is 160 g/mol. The van der Waals surface area contributed by atoms with Gasteiger partial charge in [0, 0.05) is 23.3 Å². The van der Waals surface area contributed by atoms with Gasteiger partial charge in [-0.3, -0.25) is 4.79 Å². The molecule has 0 amide bonds. The Morgan fingerprint density at radius 2 is 2.42 bits per heavy atom. The average Bonchev–Trinajstić information content (AvgIpc) is 2.52. The van der Waals surface area contributed by atoms with E-state index in [0.29, 0.717) is 0 Å². The molecule has 0 spiro atoms. The summed E-state index contributed by atoms with van der Waals surface area (Å²) in [7, 11) is 0. The topological polar surface area (TPSA) is 45.8 Å². The Bertz CT molecular complexity index is 431. The Balaban J connectivity index is 2.91. The zero-order chi connectivity index (χ0) is 8.55. The zero-order valence-electron chi connectivity index (χ0n) is 6.66. The number of carbonyl (C=O) groups is 1. The van der Waals surface area contributed by atoms with Crippen molar-refractivity contribution >= 4 is 17.3 Å². The third kappa shape index (κ3) is 0.830. The summed E-state index contributed by atoms with van der Waals surface area (Å²) in [6.45, 7) is 1.88. The molecule has 60 valence electrons. The van der Waals surface area contributed by atoms with Gasteiger partial charge < -0.3 is 4.98 Å². The standard InChI is InChI=1S/C9H8N2O/c1-6-4-11-9-7(2-3-10-9)8(6)5-12/h2-5H,1H3,(H,10,11). The quantitative estimate of drug-likeness (QED) is 0.645. The van der Waals surface area contributed by atoms with Crippen molar-refractivity contribution in [2.75, 3.05) is 0 Å². The van der Waals surface area contributed by atoms with Gasteiger partial charge in [-0.25, -0.2) is 4.98 Å². The first-order valence-electron chi connectivity index (χ1n) is 3.71. The van der Waals surface area contributed by atoms with Crippen LogP contribution < -0.4 is 0 Å². The molecule has 1 N–H and O–H groups in total. The Labute approximate surface area is 69.4 Å². The number of aldehydes is 1. The van der Waals surface area contributed by atoms with Crippen molar-refractivity contribution in [3.8, 4) is 0 Å². The Morgan fingerprint density at radius 1 is 1.58 bits per heavy atom. The molecular formula is C9H8N2O. The summed E-state index contributed by atoms with van der Waals surface area (Å²) < 4.78 is 0. The molecule has 0 aromatic carbocycles. The third-order valence-corrected chi connectivity index (χ3v) is 1.95. The van der Waals surface area contributed by atoms with Crippen LogP contribution in [0.15, 0.2) is 18.5 Å². The highest BCUT2D eigenvalue weighted by Crippen LogP contribution is 2.16. The molecule has 3 heteroatoms. The van der Waals surface area contributed by atoms with Crippen LogP contribution in [0.4, 0.5) is 0 Å². The van der Waals surface area contributed by atoms with Crippen LogP contribution in [0.25, 0.3) is 11.0 Å². The van der Waals surface area contributed by atoms with E-state index in [1.54, 1.807) is 12.4 Å². The molecule has 2 aromatic rings. The van der Waals surface area contributed by atoms with Crippen LogP contribution >= 0.6 is 0 Å². The second-order valence-electron chi connectivity index (χ2n) is 2.71. The van der Waals surface area contributed by atoms with Crippen LogP contribution in [0.1, 0.15) is 15.9 Å². The molecule has 2 rings (SSSR count). The van der Waals surface area contributed by atoms with Gasteiger partial charge in [0.2, 0.25) is 0 Å². The van der Waals surface area contributed by atoms with Crippen molar-refractivity contribution in [3.05, 3.63) is 29.6 Å². The van der Waals surface area contributed by atoms with Crippen LogP contribution in [0.3, 0.4) is 0 Å². The Kier molecular flexibility index (Phi) is 1.43. The molecule has 3 nitrogen and oxygen atoms in total. The SMILES string of the molecule is Cc1cnc2[nH]ccc2c1C=O. The maximum atomic E-state index is 10.7. The van der Waals surface area contributed by atoms with Gasteiger partial charge >= 0.3 is 0 Å². The van der Waals surface area contributed by atoms with E-state index in [2.05, 4.69) is 9.97 Å². The summed E-state index contributed by atoms with van der Waals surface area (Å²) in [4.78, 5) is 17.8. The fourth-order valence-corrected chi connectivity index (χ4v) is 1.28. The van der Waals surface area contributed by atoms with E-state index in [0.717, 1.165) is 28.4 Å². The van der Waals surface area contributed by atoms with E-state index in [1.165, 1.54) is 0 Å². The molecule has 0 aliphatic rings. The molecule has 2 aromatic heterocycles. The number of pyridine rings is 1. The Morgan fingerprint density at radius 3 is 3.17 bits per heavy atom. The minimum Gasteiger partial charge on any atom is -0.346 e. The fraction of sp³-hybridized carbons (Fsp3) is 0.111. The molecule has 0 saturated carbocycles. The van der Waals surface area contributed by atoms with Crippen molar-refractivity contribution < 1.29 is 4.79 Å². The van der Waals surface area contributed by atoms with Crippen molar-refractivity contribution in [2.45, 2.75) is 6.92 Å². The highest BCUT2D eigenvalue weighted by atomic mass is 16.1. The predicted molar refractivity (Wildman–Crippen MR) is 46.2 cm³/mol. The van der Waals surface area contributed by atoms with Crippen LogP contribution in [0.2, 0.25) is 0 Å². The third-order valence-electron chi connectivity index (χ3n) is 1.95. The second-order valence-corrected chi connectivity index (χ2v) is 2.71. The Hall–Kier alpha value is -1.64. The molecule has 0 aliphatic heterocycles. The van der Waals surface area contributed by atoms with E-state index in [4.69, 9.17) is 0 Å². The minimum absolute atomic E-state index is 0.723. The summed E-state index contributed by atoms with van der Waals surface area (Å²) in [5, 5.41) is 0.894. The molecule has 0 bridgehead atoms. The molecule has 0 atom stereocenters. The predicted octanol–water partition coefficient (Wildman–Crippen LogP) is 1.68. The monoisotopic (exact) mass is 160 g/mol. The van der Waals surface area contributed by atoms with E-state index in [-0.39, 0.29) is 0 Å². The molecular weight excluding hydrogens is 152 g/mol. The lowest BCUT2D eigenvalue weighted by Gasteiger charge is -1.97. The van der Waals surface area contributed by atoms with Gasteiger partial charge in [-0.15, -0.1) is 0 Å². The molecule has 0 fully saturated rings. The second kappa shape index (κ2) is 2.44. The smallest absolute Gasteiger partial charge is 0.151 e. The van der Waals surface area contributed by atoms with Gasteiger partial charge in [0.05, 0.1) is 0 Å². The van der Waals surface area contributed by atoms with E-state index < -0.39 is 0 Å². The van der Waals surface area contributed by atoms with Crippen molar-refractivity contribution in [1.29, 1.82) is 0 Å². The van der Waals surface area contributed by atoms with Crippen LogP contribution in [-0.4, -0.2) is 16.3 Å². The van der Waals surface area contributed by atoms with E-state index in [1.807, 2.05) is 13.0 Å². The maximum absolute atomic E-state index is 10.7. The highest BCUT2D eigenvalue weighted by Gasteiger charge is 2.04. The molecule has 0 radical (unpaired) electrons. The number of hydrogen-bond acceptors (Lipinski definition) is 2. The van der Waals surface area contributed by atoms with E-state index in [9.17, 15) is 4.79 Å². The van der Waals surface area contributed by atoms with Gasteiger partial charge in [-0.1, -0.05) is 0 Å². The molecule has 2 heterocycles. The maximum Gasteiger partial charge on any atom is 0.151 e. The number of fused-ring (bicyclic) bond motifs is 1. The lowest BCUT2D eigenvalue weighted by atomic mass is 10.1. The largest absolute Gasteiger partial charge is 0.346 e. The van der Waals surface area contributed by atoms with E-state index >= 15 is 0 Å². The van der Waals surface area contributed by atoms with Gasteiger partial charge in [0.1, 0.15) is 5.65 Å². The first-order chi connectivity index (χ1) is 5.83. The van der Waals surface area contributed by atoms with Gasteiger partial charge in [-0.2, -0.15) is 0 Å². The number of aromatic amines is 1. The zero-order valence-corrected chi connectivity index (χ0v) is 6.66. The molecule has 0 aliphatic carbocycles. The summed E-state index contributed by atoms with van der Waals surface area (Å²) in [6, 6.07) is 1.86. The number of aromatic nitrogens is 2. The minimum atomic E-state index is 0.723. The van der Waals surface area contributed by atoms with Crippen molar-refractivity contribution in [3.63, 3.8) is 0 Å². The number of H-pyrrole nitrogens is 1. The van der Waals surface area contributed by atoms with Gasteiger partial charge in [-0.05, 0) is 18.6 Å². The molecule has 12 heavy (non-hydrogen) atoms. The molecule has 0 unspecified atom stereocenters. The van der Waals surface area contributed by atoms with Gasteiger partial charge in [0.25, 0.3) is 0 Å².